The second-order valence-electron chi connectivity index (χ2n) is 3.57. The van der Waals surface area contributed by atoms with Crippen molar-refractivity contribution in [3.63, 3.8) is 0 Å². The van der Waals surface area contributed by atoms with E-state index in [0.29, 0.717) is 6.61 Å². The van der Waals surface area contributed by atoms with Gasteiger partial charge in [-0.2, -0.15) is 0 Å². The highest BCUT2D eigenvalue weighted by Crippen LogP contribution is 1.90. The summed E-state index contributed by atoms with van der Waals surface area (Å²) in [5, 5.41) is 11.5. The maximum absolute atomic E-state index is 9.49. The molecule has 0 aliphatic heterocycles. The van der Waals surface area contributed by atoms with Crippen molar-refractivity contribution in [2.24, 2.45) is 0 Å². The molecule has 4 nitrogen and oxygen atoms in total. The van der Waals surface area contributed by atoms with Crippen LogP contribution in [0.2, 0.25) is 0 Å². The van der Waals surface area contributed by atoms with Crippen LogP contribution in [0.3, 0.4) is 0 Å². The summed E-state index contributed by atoms with van der Waals surface area (Å²) >= 11 is 0. The quantitative estimate of drug-likeness (QED) is 0.500. The van der Waals surface area contributed by atoms with Crippen molar-refractivity contribution in [2.45, 2.75) is 26.2 Å². The van der Waals surface area contributed by atoms with Crippen LogP contribution >= 0.6 is 0 Å². The molecule has 0 rings (SSSR count). The van der Waals surface area contributed by atoms with Gasteiger partial charge in [-0.1, -0.05) is 0 Å². The summed E-state index contributed by atoms with van der Waals surface area (Å²) in [5.41, 5.74) is 0. The zero-order valence-corrected chi connectivity index (χ0v) is 9.16. The predicted octanol–water partition coefficient (Wildman–Crippen LogP) is -1.15. The van der Waals surface area contributed by atoms with Crippen molar-refractivity contribution < 1.29 is 15.2 Å². The maximum atomic E-state index is 9.49. The van der Waals surface area contributed by atoms with E-state index in [9.17, 15) is 5.11 Å². The molecular formula is C9H23N2O2+. The van der Waals surface area contributed by atoms with Crippen molar-refractivity contribution in [2.75, 3.05) is 33.8 Å². The number of hydrogen-bond acceptors (Lipinski definition) is 3. The minimum atomic E-state index is -0.653. The van der Waals surface area contributed by atoms with Crippen molar-refractivity contribution in [1.29, 1.82) is 0 Å². The number of likely N-dealkylation sites (N-methyl/N-ethyl adjacent to an activating group) is 2. The summed E-state index contributed by atoms with van der Waals surface area (Å²) in [6.45, 7) is 6.41. The lowest BCUT2D eigenvalue weighted by Crippen LogP contribution is -2.91. The third-order valence-corrected chi connectivity index (χ3v) is 1.88. The molecule has 4 heteroatoms. The minimum Gasteiger partial charge on any atom is -0.363 e. The second-order valence-corrected chi connectivity index (χ2v) is 3.57. The molecule has 0 heterocycles. The van der Waals surface area contributed by atoms with E-state index in [-0.39, 0.29) is 6.04 Å². The van der Waals surface area contributed by atoms with E-state index in [1.165, 1.54) is 0 Å². The highest BCUT2D eigenvalue weighted by atomic mass is 16.6. The number of quaternary nitrogens is 1. The van der Waals surface area contributed by atoms with Crippen molar-refractivity contribution in [3.8, 4) is 0 Å². The molecule has 2 atom stereocenters. The first-order valence-corrected chi connectivity index (χ1v) is 4.85. The van der Waals surface area contributed by atoms with E-state index in [4.69, 9.17) is 4.74 Å². The smallest absolute Gasteiger partial charge is 0.207 e. The van der Waals surface area contributed by atoms with Gasteiger partial charge in [0.15, 0.2) is 0 Å². The normalized spacial score (nSPS) is 16.2. The third-order valence-electron chi connectivity index (χ3n) is 1.88. The summed E-state index contributed by atoms with van der Waals surface area (Å²) in [7, 11) is 3.97. The summed E-state index contributed by atoms with van der Waals surface area (Å²) in [5.74, 6) is 0. The van der Waals surface area contributed by atoms with Gasteiger partial charge in [0, 0.05) is 6.54 Å². The number of ether oxygens (including phenoxy) is 1. The molecular weight excluding hydrogens is 168 g/mol. The highest BCUT2D eigenvalue weighted by Gasteiger charge is 2.15. The summed E-state index contributed by atoms with van der Waals surface area (Å²) in [6, 6.07) is 0.118. The molecule has 0 aromatic heterocycles. The molecule has 0 bridgehead atoms. The summed E-state index contributed by atoms with van der Waals surface area (Å²) in [6.07, 6.45) is -0.653. The van der Waals surface area contributed by atoms with Gasteiger partial charge in [0.05, 0.1) is 13.2 Å². The van der Waals surface area contributed by atoms with Gasteiger partial charge in [-0.05, 0) is 27.9 Å². The Morgan fingerprint density at radius 2 is 2.08 bits per heavy atom. The molecule has 0 aromatic carbocycles. The number of aliphatic hydroxyl groups excluding tert-OH is 1. The summed E-state index contributed by atoms with van der Waals surface area (Å²) < 4.78 is 5.25. The van der Waals surface area contributed by atoms with Gasteiger partial charge in [-0.15, -0.1) is 0 Å². The number of aliphatic hydroxyl groups is 1. The Morgan fingerprint density at radius 1 is 1.46 bits per heavy atom. The Morgan fingerprint density at radius 3 is 2.54 bits per heavy atom. The molecule has 13 heavy (non-hydrogen) atoms. The van der Waals surface area contributed by atoms with Gasteiger partial charge in [0.25, 0.3) is 0 Å². The van der Waals surface area contributed by atoms with E-state index >= 15 is 0 Å². The van der Waals surface area contributed by atoms with Crippen LogP contribution in [0, 0.1) is 0 Å². The van der Waals surface area contributed by atoms with Gasteiger partial charge in [-0.3, -0.25) is 0 Å². The van der Waals surface area contributed by atoms with Crippen LogP contribution in [0.25, 0.3) is 0 Å². The Balaban J connectivity index is 3.43. The lowest BCUT2D eigenvalue weighted by atomic mass is 10.3. The Bertz CT molecular complexity index is 120. The molecule has 0 aliphatic carbocycles. The van der Waals surface area contributed by atoms with Gasteiger partial charge in [0.2, 0.25) is 6.29 Å². The molecule has 2 unspecified atom stereocenters. The zero-order valence-electron chi connectivity index (χ0n) is 9.16. The Hall–Kier alpha value is -0.160. The number of nitrogens with zero attached hydrogens (tertiary/aromatic N) is 1. The van der Waals surface area contributed by atoms with Crippen molar-refractivity contribution in [1.82, 2.24) is 4.90 Å². The second kappa shape index (κ2) is 7.26. The topological polar surface area (TPSA) is 49.3 Å². The average Bonchev–Trinajstić information content (AvgIpc) is 2.04. The van der Waals surface area contributed by atoms with Crippen LogP contribution < -0.4 is 5.32 Å². The van der Waals surface area contributed by atoms with E-state index in [1.54, 1.807) is 0 Å². The third kappa shape index (κ3) is 6.95. The molecule has 0 spiro atoms. The monoisotopic (exact) mass is 191 g/mol. The first-order valence-electron chi connectivity index (χ1n) is 4.85. The Kier molecular flexibility index (Phi) is 7.17. The Labute approximate surface area is 80.9 Å². The lowest BCUT2D eigenvalue weighted by Gasteiger charge is -2.18. The van der Waals surface area contributed by atoms with Gasteiger partial charge >= 0.3 is 0 Å². The molecule has 0 aromatic rings. The molecule has 0 amide bonds. The van der Waals surface area contributed by atoms with Gasteiger partial charge < -0.3 is 20.1 Å². The fourth-order valence-electron chi connectivity index (χ4n) is 0.996. The van der Waals surface area contributed by atoms with Crippen LogP contribution in [0.5, 0.6) is 0 Å². The first-order chi connectivity index (χ1) is 6.07. The van der Waals surface area contributed by atoms with Crippen LogP contribution in [-0.2, 0) is 4.74 Å². The molecule has 80 valence electrons. The minimum absolute atomic E-state index is 0.118. The van der Waals surface area contributed by atoms with Crippen LogP contribution in [0.15, 0.2) is 0 Å². The van der Waals surface area contributed by atoms with Crippen molar-refractivity contribution >= 4 is 0 Å². The van der Waals surface area contributed by atoms with Gasteiger partial charge in [-0.25, -0.2) is 0 Å². The first kappa shape index (κ1) is 12.8. The number of nitrogens with two attached hydrogens (primary N) is 1. The van der Waals surface area contributed by atoms with Crippen LogP contribution in [0.4, 0.5) is 0 Å². The number of rotatable bonds is 7. The fourth-order valence-corrected chi connectivity index (χ4v) is 0.996. The SMILES string of the molecule is CC[NH2+]C(C)C(O)OCCN(C)C. The predicted molar refractivity (Wildman–Crippen MR) is 52.4 cm³/mol. The maximum Gasteiger partial charge on any atom is 0.207 e. The lowest BCUT2D eigenvalue weighted by molar-refractivity contribution is -0.697. The highest BCUT2D eigenvalue weighted by molar-refractivity contribution is 4.49. The standard InChI is InChI=1S/C9H22N2O2/c1-5-10-8(2)9(12)13-7-6-11(3)4/h8-10,12H,5-7H2,1-4H3/p+1. The van der Waals surface area contributed by atoms with Crippen molar-refractivity contribution in [3.05, 3.63) is 0 Å². The van der Waals surface area contributed by atoms with Gasteiger partial charge in [0.1, 0.15) is 6.04 Å². The number of hydrogen-bond donors (Lipinski definition) is 2. The molecule has 3 N–H and O–H groups in total. The van der Waals surface area contributed by atoms with E-state index < -0.39 is 6.29 Å². The molecule has 0 aliphatic rings. The largest absolute Gasteiger partial charge is 0.363 e. The molecule has 0 saturated heterocycles. The van der Waals surface area contributed by atoms with E-state index in [1.807, 2.05) is 25.9 Å². The summed E-state index contributed by atoms with van der Waals surface area (Å²) in [4.78, 5) is 2.03. The zero-order chi connectivity index (χ0) is 10.3. The molecule has 0 fully saturated rings. The molecule has 0 radical (unpaired) electrons. The van der Waals surface area contributed by atoms with Crippen LogP contribution in [-0.4, -0.2) is 56.1 Å². The fraction of sp³-hybridized carbons (Fsp3) is 1.00. The van der Waals surface area contributed by atoms with E-state index in [0.717, 1.165) is 13.1 Å². The van der Waals surface area contributed by atoms with Crippen LogP contribution in [0.1, 0.15) is 13.8 Å². The molecule has 0 saturated carbocycles. The van der Waals surface area contributed by atoms with E-state index in [2.05, 4.69) is 12.2 Å². The average molecular weight is 191 g/mol.